The van der Waals surface area contributed by atoms with Gasteiger partial charge in [0.1, 0.15) is 11.5 Å². The zero-order valence-electron chi connectivity index (χ0n) is 28.6. The monoisotopic (exact) mass is 862 g/mol. The third-order valence-electron chi connectivity index (χ3n) is 11.0. The molecule has 0 bridgehead atoms. The van der Waals surface area contributed by atoms with E-state index in [1.54, 1.807) is 0 Å². The van der Waals surface area contributed by atoms with Gasteiger partial charge in [-0.05, 0) is 133 Å². The van der Waals surface area contributed by atoms with E-state index in [4.69, 9.17) is 23.2 Å². The second-order valence-corrected chi connectivity index (χ2v) is 16.4. The van der Waals surface area contributed by atoms with Crippen molar-refractivity contribution in [3.8, 4) is 11.5 Å². The number of likely N-dealkylation sites (N-methyl/N-ethyl adjacent to an activating group) is 1. The smallest absolute Gasteiger partial charge is 0.134 e. The van der Waals surface area contributed by atoms with Crippen LogP contribution in [-0.2, 0) is 25.7 Å². The van der Waals surface area contributed by atoms with Gasteiger partial charge in [-0.1, -0.05) is 123 Å². The van der Waals surface area contributed by atoms with Crippen LogP contribution in [0.3, 0.4) is 0 Å². The number of hydrogen-bond donors (Lipinski definition) is 3. The quantitative estimate of drug-likeness (QED) is 0.145. The minimum Gasteiger partial charge on any atom is -0.506 e. The SMILES string of the molecule is C.CN1CCc2cc(Cl)c(O)cc2[C@H]2c3cccc(Br)c3CC[C@@H]21.Oc1cc2c(cc1Cl)CCN[C@H]1CCc3c(Br)cccc3[C@H]21.c1ccccc1. The summed E-state index contributed by atoms with van der Waals surface area (Å²) in [5.41, 5.74) is 10.5. The molecule has 0 amide bonds. The van der Waals surface area contributed by atoms with E-state index in [1.165, 1.54) is 53.5 Å². The molecule has 4 atom stereocenters. The van der Waals surface area contributed by atoms with Crippen LogP contribution in [0, 0.1) is 0 Å². The predicted molar refractivity (Wildman–Crippen MR) is 224 cm³/mol. The zero-order valence-corrected chi connectivity index (χ0v) is 33.2. The van der Waals surface area contributed by atoms with Gasteiger partial charge in [-0.2, -0.15) is 0 Å². The molecule has 4 nitrogen and oxygen atoms in total. The van der Waals surface area contributed by atoms with Crippen LogP contribution in [0.4, 0.5) is 0 Å². The predicted octanol–water partition coefficient (Wildman–Crippen LogP) is 11.5. The van der Waals surface area contributed by atoms with Gasteiger partial charge < -0.3 is 20.4 Å². The number of nitrogens with zero attached hydrogens (tertiary/aromatic N) is 1. The van der Waals surface area contributed by atoms with Crippen LogP contribution < -0.4 is 5.32 Å². The van der Waals surface area contributed by atoms with E-state index in [1.807, 2.05) is 60.7 Å². The standard InChI is InChI=1S/C19H19BrClNO.C18H17BrClNO.C6H6.CH4/c1-22-8-7-11-9-16(21)18(23)10-14(11)19-13-3-2-4-15(20)12(13)5-6-17(19)22;19-14-3-1-2-12-11(14)4-5-16-18(12)13-9-17(22)15(20)8-10(13)6-7-21-16;1-2-4-6-5-3-1;/h2-4,9-10,17,19,23H,5-8H2,1H3;1-3,8-9,16,18,21-22H,4-7H2;1-6H;1H4/t17-,19+;16-,18+;;/m00../s1. The molecular formula is C44H46Br2Cl2N2O2. The number of aromatic hydroxyl groups is 2. The summed E-state index contributed by atoms with van der Waals surface area (Å²) in [5.74, 6) is 0.947. The fourth-order valence-electron chi connectivity index (χ4n) is 8.55. The normalized spacial score (nSPS) is 21.2. The van der Waals surface area contributed by atoms with Crippen molar-refractivity contribution in [1.29, 1.82) is 0 Å². The van der Waals surface area contributed by atoms with Crippen molar-refractivity contribution in [2.75, 3.05) is 20.1 Å². The van der Waals surface area contributed by atoms with Gasteiger partial charge in [0.15, 0.2) is 0 Å². The lowest BCUT2D eigenvalue weighted by Crippen LogP contribution is -2.39. The molecule has 272 valence electrons. The summed E-state index contributed by atoms with van der Waals surface area (Å²) in [7, 11) is 2.22. The molecule has 0 unspecified atom stereocenters. The summed E-state index contributed by atoms with van der Waals surface area (Å²) < 4.78 is 2.38. The van der Waals surface area contributed by atoms with E-state index in [9.17, 15) is 10.2 Å². The lowest BCUT2D eigenvalue weighted by Gasteiger charge is -2.38. The van der Waals surface area contributed by atoms with Crippen LogP contribution in [0.2, 0.25) is 10.0 Å². The van der Waals surface area contributed by atoms with Gasteiger partial charge in [-0.25, -0.2) is 0 Å². The average Bonchev–Trinajstić information content (AvgIpc) is 3.40. The minimum absolute atomic E-state index is 0. The van der Waals surface area contributed by atoms with Gasteiger partial charge in [0, 0.05) is 39.4 Å². The molecular weight excluding hydrogens is 819 g/mol. The van der Waals surface area contributed by atoms with Crippen molar-refractivity contribution in [2.24, 2.45) is 0 Å². The Hall–Kier alpha value is -2.84. The molecule has 0 fully saturated rings. The number of benzene rings is 5. The van der Waals surface area contributed by atoms with Gasteiger partial charge in [0.05, 0.1) is 10.0 Å². The average molecular weight is 866 g/mol. The van der Waals surface area contributed by atoms with Crippen molar-refractivity contribution >= 4 is 55.1 Å². The molecule has 0 spiro atoms. The van der Waals surface area contributed by atoms with Crippen LogP contribution in [0.5, 0.6) is 11.5 Å². The van der Waals surface area contributed by atoms with Crippen LogP contribution in [-0.4, -0.2) is 47.3 Å². The van der Waals surface area contributed by atoms with E-state index in [0.29, 0.717) is 28.0 Å². The van der Waals surface area contributed by atoms with Gasteiger partial charge >= 0.3 is 0 Å². The Balaban J connectivity index is 0.000000151. The Bertz CT molecular complexity index is 2000. The Kier molecular flexibility index (Phi) is 12.8. The molecule has 52 heavy (non-hydrogen) atoms. The van der Waals surface area contributed by atoms with Crippen LogP contribution >= 0.6 is 55.1 Å². The fourth-order valence-corrected chi connectivity index (χ4v) is 10.1. The number of halogens is 4. The second-order valence-electron chi connectivity index (χ2n) is 13.9. The highest BCUT2D eigenvalue weighted by Crippen LogP contribution is 2.46. The second kappa shape index (κ2) is 17.1. The van der Waals surface area contributed by atoms with E-state index < -0.39 is 0 Å². The van der Waals surface area contributed by atoms with E-state index >= 15 is 0 Å². The molecule has 4 aliphatic rings. The topological polar surface area (TPSA) is 55.7 Å². The van der Waals surface area contributed by atoms with Crippen molar-refractivity contribution in [1.82, 2.24) is 10.2 Å². The first-order valence-corrected chi connectivity index (χ1v) is 20.1. The molecule has 0 saturated carbocycles. The number of fused-ring (bicyclic) bond motifs is 10. The Labute approximate surface area is 335 Å². The largest absolute Gasteiger partial charge is 0.506 e. The Morgan fingerprint density at radius 3 is 1.71 bits per heavy atom. The highest BCUT2D eigenvalue weighted by atomic mass is 79.9. The maximum Gasteiger partial charge on any atom is 0.134 e. The lowest BCUT2D eigenvalue weighted by atomic mass is 9.74. The van der Waals surface area contributed by atoms with Crippen LogP contribution in [0.15, 0.2) is 106 Å². The molecule has 2 aliphatic carbocycles. The molecule has 9 rings (SSSR count). The molecule has 0 aromatic heterocycles. The van der Waals surface area contributed by atoms with Crippen molar-refractivity contribution in [3.05, 3.63) is 161 Å². The van der Waals surface area contributed by atoms with Crippen molar-refractivity contribution < 1.29 is 10.2 Å². The van der Waals surface area contributed by atoms with Crippen LogP contribution in [0.1, 0.15) is 76.6 Å². The number of rotatable bonds is 0. The molecule has 0 radical (unpaired) electrons. The number of nitrogens with one attached hydrogen (secondary N) is 1. The molecule has 5 aromatic carbocycles. The van der Waals surface area contributed by atoms with Crippen LogP contribution in [0.25, 0.3) is 0 Å². The van der Waals surface area contributed by atoms with E-state index in [0.717, 1.165) is 51.6 Å². The maximum absolute atomic E-state index is 10.2. The molecule has 3 N–H and O–H groups in total. The molecule has 8 heteroatoms. The summed E-state index contributed by atoms with van der Waals surface area (Å²) in [5, 5.41) is 24.9. The van der Waals surface area contributed by atoms with Gasteiger partial charge in [-0.3, -0.25) is 0 Å². The zero-order chi connectivity index (χ0) is 35.6. The molecule has 2 heterocycles. The third-order valence-corrected chi connectivity index (χ3v) is 13.1. The van der Waals surface area contributed by atoms with E-state index in [2.05, 4.69) is 85.5 Å². The number of hydrogen-bond acceptors (Lipinski definition) is 4. The Morgan fingerprint density at radius 1 is 0.635 bits per heavy atom. The van der Waals surface area contributed by atoms with Gasteiger partial charge in [-0.15, -0.1) is 0 Å². The maximum atomic E-state index is 10.2. The summed E-state index contributed by atoms with van der Waals surface area (Å²) in [6.45, 7) is 1.98. The first-order valence-electron chi connectivity index (χ1n) is 17.7. The summed E-state index contributed by atoms with van der Waals surface area (Å²) in [6.07, 6.45) is 6.35. The van der Waals surface area contributed by atoms with Gasteiger partial charge in [0.2, 0.25) is 0 Å². The first kappa shape index (κ1) is 38.9. The van der Waals surface area contributed by atoms with E-state index in [-0.39, 0.29) is 24.8 Å². The van der Waals surface area contributed by atoms with Gasteiger partial charge in [0.25, 0.3) is 0 Å². The Morgan fingerprint density at radius 2 is 1.13 bits per heavy atom. The summed E-state index contributed by atoms with van der Waals surface area (Å²) in [6, 6.07) is 33.5. The highest BCUT2D eigenvalue weighted by Gasteiger charge is 2.38. The number of phenolic OH excluding ortho intramolecular Hbond substituents is 2. The molecule has 0 saturated heterocycles. The fraction of sp³-hybridized carbons (Fsp3) is 0.318. The van der Waals surface area contributed by atoms with Crippen molar-refractivity contribution in [2.45, 2.75) is 69.9 Å². The lowest BCUT2D eigenvalue weighted by molar-refractivity contribution is 0.214. The third kappa shape index (κ3) is 7.99. The number of phenols is 2. The van der Waals surface area contributed by atoms with Crippen molar-refractivity contribution in [3.63, 3.8) is 0 Å². The minimum atomic E-state index is 0. The molecule has 5 aromatic rings. The molecule has 2 aliphatic heterocycles. The summed E-state index contributed by atoms with van der Waals surface area (Å²) in [4.78, 5) is 2.47. The summed E-state index contributed by atoms with van der Waals surface area (Å²) >= 11 is 19.7. The first-order chi connectivity index (χ1) is 24.7. The highest BCUT2D eigenvalue weighted by molar-refractivity contribution is 9.10.